The van der Waals surface area contributed by atoms with Gasteiger partial charge in [0.1, 0.15) is 17.3 Å². The molecule has 0 aliphatic heterocycles. The highest BCUT2D eigenvalue weighted by Gasteiger charge is 2.69. The summed E-state index contributed by atoms with van der Waals surface area (Å²) in [5, 5.41) is 25.8. The number of amides is 1. The predicted molar refractivity (Wildman–Crippen MR) is 156 cm³/mol. The maximum absolute atomic E-state index is 14.0. The molecule has 3 aliphatic rings. The quantitative estimate of drug-likeness (QED) is 0.290. The molecule has 0 spiro atoms. The number of aliphatic hydroxyl groups is 1. The molecule has 1 amide bonds. The monoisotopic (exact) mass is 599 g/mol. The van der Waals surface area contributed by atoms with Gasteiger partial charge < -0.3 is 25.7 Å². The zero-order valence-electron chi connectivity index (χ0n) is 24.3. The number of primary amides is 1. The van der Waals surface area contributed by atoms with E-state index in [4.69, 9.17) is 10.2 Å². The maximum atomic E-state index is 14.0. The van der Waals surface area contributed by atoms with E-state index in [2.05, 4.69) is 5.32 Å². The van der Waals surface area contributed by atoms with Crippen molar-refractivity contribution in [2.24, 2.45) is 29.4 Å². The normalized spacial score (nSPS) is 28.0. The van der Waals surface area contributed by atoms with E-state index in [9.17, 15) is 34.2 Å². The molecular formula is C33H33N3O8. The Bertz CT molecular complexity index is 1700. The fourth-order valence-electron chi connectivity index (χ4n) is 7.38. The fourth-order valence-corrected chi connectivity index (χ4v) is 7.38. The Kier molecular flexibility index (Phi) is 7.35. The van der Waals surface area contributed by atoms with Gasteiger partial charge in [-0.25, -0.2) is 0 Å². The van der Waals surface area contributed by atoms with Gasteiger partial charge in [-0.2, -0.15) is 0 Å². The Morgan fingerprint density at radius 1 is 1.02 bits per heavy atom. The van der Waals surface area contributed by atoms with E-state index < -0.39 is 64.4 Å². The van der Waals surface area contributed by atoms with Crippen LogP contribution in [0.3, 0.4) is 0 Å². The van der Waals surface area contributed by atoms with Crippen molar-refractivity contribution in [3.05, 3.63) is 77.0 Å². The molecule has 2 fully saturated rings. The summed E-state index contributed by atoms with van der Waals surface area (Å²) in [5.41, 5.74) is 4.72. The number of aromatic hydroxyl groups is 1. The summed E-state index contributed by atoms with van der Waals surface area (Å²) < 4.78 is 6.12. The molecular weight excluding hydrogens is 566 g/mol. The van der Waals surface area contributed by atoms with E-state index in [1.807, 2.05) is 36.4 Å². The SMILES string of the molecule is CN(C)[C@@H]1C(=O)C(C(N)=O)C(=O)[C@@]2(O)C(=O)C3C(=O)c4c(O)ccc(-c5ccc(CNCc6ccccc6)o5)c4C[C@H]3C[C@@H]12. The minimum absolute atomic E-state index is 0.0220. The van der Waals surface area contributed by atoms with Crippen molar-refractivity contribution < 1.29 is 38.6 Å². The fraction of sp³-hybridized carbons (Fsp3) is 0.364. The largest absolute Gasteiger partial charge is 0.507 e. The standard InChI is InChI=1S/C33H33N3O8/c1-36(2)27-21-13-17-12-20-19(23-11-8-18(44-23)15-35-14-16-6-4-3-5-7-16)9-10-22(37)25(20)28(38)24(17)30(40)33(21,43)31(41)26(29(27)39)32(34)42/h3-11,17,21,24,26-27,35,37,43H,12-15H2,1-2H3,(H2,34,42)/t17-,21-,24?,26?,27-,33-/m0/s1. The first kappa shape index (κ1) is 29.6. The Labute approximate surface area is 253 Å². The molecule has 228 valence electrons. The van der Waals surface area contributed by atoms with Crippen LogP contribution in [0.1, 0.15) is 33.7 Å². The van der Waals surface area contributed by atoms with Crippen LogP contribution in [-0.4, -0.2) is 69.9 Å². The number of nitrogens with zero attached hydrogens (tertiary/aromatic N) is 1. The molecule has 1 aromatic heterocycles. The number of phenols is 1. The summed E-state index contributed by atoms with van der Waals surface area (Å²) in [7, 11) is 3.10. The van der Waals surface area contributed by atoms with E-state index in [0.29, 0.717) is 35.7 Å². The highest BCUT2D eigenvalue weighted by atomic mass is 16.3. The summed E-state index contributed by atoms with van der Waals surface area (Å²) in [6, 6.07) is 15.3. The van der Waals surface area contributed by atoms with Gasteiger partial charge >= 0.3 is 0 Å². The minimum Gasteiger partial charge on any atom is -0.507 e. The van der Waals surface area contributed by atoms with Gasteiger partial charge in [-0.1, -0.05) is 30.3 Å². The van der Waals surface area contributed by atoms with Crippen molar-refractivity contribution >= 4 is 29.0 Å². The second-order valence-corrected chi connectivity index (χ2v) is 12.1. The number of ketones is 4. The number of rotatable bonds is 7. The predicted octanol–water partition coefficient (Wildman–Crippen LogP) is 1.42. The Morgan fingerprint density at radius 2 is 1.75 bits per heavy atom. The van der Waals surface area contributed by atoms with Gasteiger partial charge in [-0.3, -0.25) is 28.9 Å². The topological polar surface area (TPSA) is 180 Å². The number of phenolic OH excluding ortho intramolecular Hbond substituents is 1. The zero-order chi connectivity index (χ0) is 31.5. The molecule has 1 heterocycles. The van der Waals surface area contributed by atoms with Crippen LogP contribution < -0.4 is 11.1 Å². The van der Waals surface area contributed by atoms with Gasteiger partial charge in [0.25, 0.3) is 0 Å². The van der Waals surface area contributed by atoms with E-state index >= 15 is 0 Å². The van der Waals surface area contributed by atoms with Crippen LogP contribution in [0, 0.1) is 23.7 Å². The Hall–Kier alpha value is -4.45. The van der Waals surface area contributed by atoms with Gasteiger partial charge in [0.15, 0.2) is 34.7 Å². The van der Waals surface area contributed by atoms with Crippen molar-refractivity contribution in [1.29, 1.82) is 0 Å². The lowest BCUT2D eigenvalue weighted by atomic mass is 9.52. The van der Waals surface area contributed by atoms with Crippen LogP contribution in [0.5, 0.6) is 5.75 Å². The molecule has 6 atom stereocenters. The number of Topliss-reactive ketones (excluding diaryl/α,β-unsaturated/α-hetero) is 4. The third-order valence-electron chi connectivity index (χ3n) is 9.34. The molecule has 2 unspecified atom stereocenters. The molecule has 0 saturated heterocycles. The number of furan rings is 1. The number of nitrogens with one attached hydrogen (secondary N) is 1. The van der Waals surface area contributed by atoms with Gasteiger partial charge in [0, 0.05) is 18.0 Å². The second-order valence-electron chi connectivity index (χ2n) is 12.1. The van der Waals surface area contributed by atoms with Crippen LogP contribution in [0.2, 0.25) is 0 Å². The summed E-state index contributed by atoms with van der Waals surface area (Å²) in [6.45, 7) is 1.09. The third kappa shape index (κ3) is 4.50. The minimum atomic E-state index is -2.76. The first-order valence-electron chi connectivity index (χ1n) is 14.5. The zero-order valence-corrected chi connectivity index (χ0v) is 24.3. The van der Waals surface area contributed by atoms with Crippen molar-refractivity contribution in [3.63, 3.8) is 0 Å². The number of fused-ring (bicyclic) bond motifs is 3. The number of carbonyl (C=O) groups is 5. The van der Waals surface area contributed by atoms with E-state index in [1.54, 1.807) is 26.2 Å². The number of likely N-dealkylation sites (N-methyl/N-ethyl adjacent to an activating group) is 1. The van der Waals surface area contributed by atoms with Gasteiger partial charge in [0.05, 0.1) is 24.1 Å². The Morgan fingerprint density at radius 3 is 2.43 bits per heavy atom. The third-order valence-corrected chi connectivity index (χ3v) is 9.34. The van der Waals surface area contributed by atoms with E-state index in [1.165, 1.54) is 11.0 Å². The molecule has 3 aliphatic carbocycles. The molecule has 0 bridgehead atoms. The van der Waals surface area contributed by atoms with E-state index in [-0.39, 0.29) is 24.2 Å². The van der Waals surface area contributed by atoms with Crippen molar-refractivity contribution in [3.8, 4) is 17.1 Å². The lowest BCUT2D eigenvalue weighted by Crippen LogP contribution is -2.74. The van der Waals surface area contributed by atoms with Crippen LogP contribution >= 0.6 is 0 Å². The lowest BCUT2D eigenvalue weighted by Gasteiger charge is -2.52. The average molecular weight is 600 g/mol. The molecule has 5 N–H and O–H groups in total. The molecule has 11 nitrogen and oxygen atoms in total. The molecule has 3 aromatic rings. The van der Waals surface area contributed by atoms with Gasteiger partial charge in [0.2, 0.25) is 5.91 Å². The van der Waals surface area contributed by atoms with Crippen molar-refractivity contribution in [1.82, 2.24) is 10.2 Å². The smallest absolute Gasteiger partial charge is 0.235 e. The first-order chi connectivity index (χ1) is 20.9. The molecule has 2 saturated carbocycles. The van der Waals surface area contributed by atoms with Crippen LogP contribution in [0.25, 0.3) is 11.3 Å². The Balaban J connectivity index is 1.34. The van der Waals surface area contributed by atoms with Crippen LogP contribution in [-0.2, 0) is 38.7 Å². The molecule has 11 heteroatoms. The second kappa shape index (κ2) is 10.9. The number of nitrogens with two attached hydrogens (primary N) is 1. The highest BCUT2D eigenvalue weighted by molar-refractivity contribution is 6.32. The maximum Gasteiger partial charge on any atom is 0.235 e. The summed E-state index contributed by atoms with van der Waals surface area (Å²) in [4.78, 5) is 68.2. The molecule has 6 rings (SSSR count). The average Bonchev–Trinajstić information content (AvgIpc) is 3.44. The van der Waals surface area contributed by atoms with Crippen molar-refractivity contribution in [2.75, 3.05) is 14.1 Å². The highest BCUT2D eigenvalue weighted by Crippen LogP contribution is 2.51. The van der Waals surface area contributed by atoms with Gasteiger partial charge in [-0.15, -0.1) is 0 Å². The summed E-state index contributed by atoms with van der Waals surface area (Å²) >= 11 is 0. The van der Waals surface area contributed by atoms with Crippen LogP contribution in [0.4, 0.5) is 0 Å². The number of carbonyl (C=O) groups excluding carboxylic acids is 5. The van der Waals surface area contributed by atoms with Crippen LogP contribution in [0.15, 0.2) is 59.0 Å². The summed E-state index contributed by atoms with van der Waals surface area (Å²) in [6.07, 6.45) is 0.129. The number of hydrogen-bond acceptors (Lipinski definition) is 10. The molecule has 0 radical (unpaired) electrons. The number of hydrogen-bond donors (Lipinski definition) is 4. The first-order valence-corrected chi connectivity index (χ1v) is 14.5. The van der Waals surface area contributed by atoms with Crippen molar-refractivity contribution in [2.45, 2.75) is 37.6 Å². The van der Waals surface area contributed by atoms with Gasteiger partial charge in [-0.05, 0) is 68.2 Å². The number of benzene rings is 2. The molecule has 2 aromatic carbocycles. The lowest BCUT2D eigenvalue weighted by molar-refractivity contribution is -0.181. The summed E-state index contributed by atoms with van der Waals surface area (Å²) in [5.74, 6) is -9.66. The molecule has 44 heavy (non-hydrogen) atoms. The van der Waals surface area contributed by atoms with E-state index in [0.717, 1.165) is 5.56 Å².